The Morgan fingerprint density at radius 3 is 1.99 bits per heavy atom. The molecule has 5 aliphatic rings. The van der Waals surface area contributed by atoms with Gasteiger partial charge in [0, 0.05) is 63.8 Å². The molecule has 5 fully saturated rings. The van der Waals surface area contributed by atoms with Gasteiger partial charge in [-0.1, -0.05) is 53.6 Å². The van der Waals surface area contributed by atoms with Crippen molar-refractivity contribution in [3.05, 3.63) is 0 Å². The summed E-state index contributed by atoms with van der Waals surface area (Å²) in [6, 6.07) is 0.0151. The van der Waals surface area contributed by atoms with E-state index in [9.17, 15) is 19.8 Å². The van der Waals surface area contributed by atoms with E-state index in [0.717, 1.165) is 0 Å². The van der Waals surface area contributed by atoms with Crippen molar-refractivity contribution in [2.24, 2.45) is 46.6 Å². The number of nitrogens with zero attached hydrogens (tertiary/aromatic N) is 3. The van der Waals surface area contributed by atoms with Gasteiger partial charge in [0.25, 0.3) is 0 Å². The standard InChI is InChI=1S/C57H99N3O19/c1-28(2)20-42(61)75-48-37(11)47(30(4)27-70-55-51(68-18)50(67-17)44(62)40(14)74-55)77-53(65)39(13)49(76-43-21-31(5)59(16)24-33(7)72-43)36(10)46(78-54-45(63)41(58-69-19)22-32(6)73-54)29(3)23-57(15,52(64)38(48)12)79-56(66)60-25-34(8)71-35(9)26-60/h28-40,43-51,54-55,62-63H,20-27H2,1-19H3/b58-41+/t29-,30-,31+,32+,33-,34-,35-,36+,37-,38+,39+,40+,43-,44+,45+,46-,47+,48+,49-,50+,51+,54-,55+,57-/m0/s1. The van der Waals surface area contributed by atoms with Crippen LogP contribution in [-0.4, -0.2) is 214 Å². The number of hydrogen-bond donors (Lipinski definition) is 2. The molecule has 79 heavy (non-hydrogen) atoms. The summed E-state index contributed by atoms with van der Waals surface area (Å²) in [6.45, 7) is 28.1. The minimum absolute atomic E-state index is 0.0137. The largest absolute Gasteiger partial charge is 0.461 e. The Balaban J connectivity index is 1.72. The molecule has 0 aliphatic carbocycles. The van der Waals surface area contributed by atoms with Gasteiger partial charge >= 0.3 is 18.0 Å². The Hall–Kier alpha value is -3.13. The number of rotatable bonds is 15. The third kappa shape index (κ3) is 17.0. The summed E-state index contributed by atoms with van der Waals surface area (Å²) in [4.78, 5) is 68.9. The molecule has 456 valence electrons. The second kappa shape index (κ2) is 29.4. The number of carbonyl (C=O) groups excluding carboxylic acids is 4. The lowest BCUT2D eigenvalue weighted by Crippen LogP contribution is -2.59. The van der Waals surface area contributed by atoms with Gasteiger partial charge in [-0.3, -0.25) is 14.4 Å². The Morgan fingerprint density at radius 2 is 1.38 bits per heavy atom. The lowest BCUT2D eigenvalue weighted by molar-refractivity contribution is -0.305. The van der Waals surface area contributed by atoms with Gasteiger partial charge < -0.3 is 81.7 Å². The number of morpholine rings is 1. The first-order valence-corrected chi connectivity index (χ1v) is 28.7. The van der Waals surface area contributed by atoms with Crippen LogP contribution in [0.1, 0.15) is 130 Å². The average Bonchev–Trinajstić information content (AvgIpc) is 3.50. The van der Waals surface area contributed by atoms with E-state index >= 15 is 9.59 Å². The van der Waals surface area contributed by atoms with Crippen molar-refractivity contribution in [1.82, 2.24) is 9.80 Å². The van der Waals surface area contributed by atoms with E-state index in [1.54, 1.807) is 34.6 Å². The zero-order chi connectivity index (χ0) is 59.0. The van der Waals surface area contributed by atoms with Crippen LogP contribution < -0.4 is 0 Å². The van der Waals surface area contributed by atoms with Crippen LogP contribution >= 0.6 is 0 Å². The maximum absolute atomic E-state index is 15.9. The average molecular weight is 1130 g/mol. The number of ketones is 1. The van der Waals surface area contributed by atoms with Gasteiger partial charge in [-0.25, -0.2) is 4.79 Å². The minimum Gasteiger partial charge on any atom is -0.461 e. The number of hydrogen-bond acceptors (Lipinski definition) is 21. The van der Waals surface area contributed by atoms with E-state index in [4.69, 9.17) is 61.7 Å². The Kier molecular flexibility index (Phi) is 24.8. The van der Waals surface area contributed by atoms with Crippen molar-refractivity contribution in [3.8, 4) is 0 Å². The Morgan fingerprint density at radius 1 is 0.747 bits per heavy atom. The molecule has 0 unspecified atom stereocenters. The summed E-state index contributed by atoms with van der Waals surface area (Å²) in [5.74, 6) is -7.30. The number of aliphatic hydroxyl groups excluding tert-OH is 2. The number of oxime groups is 1. The van der Waals surface area contributed by atoms with Crippen molar-refractivity contribution in [2.45, 2.75) is 239 Å². The monoisotopic (exact) mass is 1130 g/mol. The molecule has 0 bridgehead atoms. The Bertz CT molecular complexity index is 1990. The summed E-state index contributed by atoms with van der Waals surface area (Å²) in [5, 5.41) is 26.9. The smallest absolute Gasteiger partial charge is 0.410 e. The summed E-state index contributed by atoms with van der Waals surface area (Å²) in [6.07, 6.45) is -13.9. The second-order valence-electron chi connectivity index (χ2n) is 24.3. The minimum atomic E-state index is -1.94. The van der Waals surface area contributed by atoms with Crippen molar-refractivity contribution in [1.29, 1.82) is 0 Å². The first kappa shape index (κ1) is 66.7. The third-order valence-corrected chi connectivity index (χ3v) is 16.6. The molecule has 22 nitrogen and oxygen atoms in total. The van der Waals surface area contributed by atoms with Gasteiger partial charge in [0.15, 0.2) is 30.3 Å². The highest BCUT2D eigenvalue weighted by molar-refractivity contribution is 5.92. The molecule has 24 atom stereocenters. The molecular formula is C57H99N3O19. The Labute approximate surface area is 469 Å². The van der Waals surface area contributed by atoms with Crippen LogP contribution in [0.25, 0.3) is 0 Å². The molecule has 0 spiro atoms. The molecule has 22 heteroatoms. The third-order valence-electron chi connectivity index (χ3n) is 16.6. The number of cyclic esters (lactones) is 1. The number of carbonyl (C=O) groups is 4. The molecule has 2 N–H and O–H groups in total. The highest BCUT2D eigenvalue weighted by Crippen LogP contribution is 2.41. The lowest BCUT2D eigenvalue weighted by Gasteiger charge is -2.45. The molecule has 5 heterocycles. The number of likely N-dealkylation sites (N-methyl/N-ethyl adjacent to an activating group) is 1. The maximum Gasteiger partial charge on any atom is 0.410 e. The van der Waals surface area contributed by atoms with Crippen molar-refractivity contribution >= 4 is 29.5 Å². The molecule has 1 amide bonds. The molecule has 0 aromatic heterocycles. The molecule has 5 saturated heterocycles. The van der Waals surface area contributed by atoms with Gasteiger partial charge in [0.05, 0.1) is 80.0 Å². The van der Waals surface area contributed by atoms with Crippen LogP contribution in [0.5, 0.6) is 0 Å². The number of ether oxygens (including phenoxy) is 12. The first-order valence-electron chi connectivity index (χ1n) is 28.7. The van der Waals surface area contributed by atoms with Gasteiger partial charge in [0.2, 0.25) is 0 Å². The van der Waals surface area contributed by atoms with Crippen molar-refractivity contribution in [2.75, 3.05) is 54.6 Å². The summed E-state index contributed by atoms with van der Waals surface area (Å²) in [5.41, 5.74) is -1.64. The molecule has 5 rings (SSSR count). The van der Waals surface area contributed by atoms with E-state index < -0.39 is 145 Å². The van der Waals surface area contributed by atoms with E-state index in [0.29, 0.717) is 18.7 Å². The number of Topliss-reactive ketones (excluding diaryl/α,β-unsaturated/α-hetero) is 1. The number of methoxy groups -OCH3 is 2. The number of amides is 1. The predicted octanol–water partition coefficient (Wildman–Crippen LogP) is 5.53. The SMILES string of the molecule is CO/N=C1\C[C@@H](C)O[C@@H](O[C@@H]2[C@@H](C)[C@H](O[C@H]3C[C@@H](C)N(C)C[C@H](C)O3)[C@@H](C)C(=O)O[C@H]([C@@H](C)CO[C@@H]3O[C@H](C)[C@@H](O)[C@@H](OC)[C@H]3OC)[C@H](C)[C@@H](OC(=O)CC(C)C)[C@@H](C)C(=O)[C@@](C)(OC(=O)N3C[C@H](C)O[C@@H](C)C3)C[C@@H]2C)[C@@H]1O. The predicted molar refractivity (Wildman–Crippen MR) is 288 cm³/mol. The first-order chi connectivity index (χ1) is 37.0. The molecular weight excluding hydrogens is 1030 g/mol. The zero-order valence-corrected chi connectivity index (χ0v) is 50.7. The lowest BCUT2D eigenvalue weighted by atomic mass is 9.74. The van der Waals surface area contributed by atoms with Crippen LogP contribution in [-0.2, 0) is 76.1 Å². The summed E-state index contributed by atoms with van der Waals surface area (Å²) < 4.78 is 76.7. The molecule has 0 radical (unpaired) electrons. The van der Waals surface area contributed by atoms with Crippen LogP contribution in [0.3, 0.4) is 0 Å². The second-order valence-corrected chi connectivity index (χ2v) is 24.3. The molecule has 0 saturated carbocycles. The fourth-order valence-corrected chi connectivity index (χ4v) is 12.3. The normalized spacial score (nSPS) is 42.7. The van der Waals surface area contributed by atoms with Crippen LogP contribution in [0.2, 0.25) is 0 Å². The van der Waals surface area contributed by atoms with E-state index in [1.807, 2.05) is 69.4 Å². The van der Waals surface area contributed by atoms with Gasteiger partial charge in [-0.2, -0.15) is 0 Å². The highest BCUT2D eigenvalue weighted by Gasteiger charge is 2.53. The van der Waals surface area contributed by atoms with Crippen molar-refractivity contribution < 1.29 is 91.1 Å². The number of aliphatic hydroxyl groups is 2. The van der Waals surface area contributed by atoms with Crippen molar-refractivity contribution in [3.63, 3.8) is 0 Å². The topological polar surface area (TPSA) is 248 Å². The molecule has 0 aromatic carbocycles. The molecule has 5 aliphatic heterocycles. The summed E-state index contributed by atoms with van der Waals surface area (Å²) >= 11 is 0. The number of esters is 2. The van der Waals surface area contributed by atoms with Gasteiger partial charge in [-0.05, 0) is 80.7 Å². The quantitative estimate of drug-likeness (QED) is 0.116. The van der Waals surface area contributed by atoms with E-state index in [2.05, 4.69) is 17.0 Å². The van der Waals surface area contributed by atoms with Crippen LogP contribution in [0.15, 0.2) is 5.16 Å². The van der Waals surface area contributed by atoms with Crippen LogP contribution in [0.4, 0.5) is 4.79 Å². The van der Waals surface area contributed by atoms with Gasteiger partial charge in [0.1, 0.15) is 43.7 Å². The highest BCUT2D eigenvalue weighted by atomic mass is 16.7. The van der Waals surface area contributed by atoms with E-state index in [-0.39, 0.29) is 69.2 Å². The van der Waals surface area contributed by atoms with Gasteiger partial charge in [-0.15, -0.1) is 0 Å². The van der Waals surface area contributed by atoms with E-state index in [1.165, 1.54) is 26.2 Å². The maximum atomic E-state index is 15.9. The fourth-order valence-electron chi connectivity index (χ4n) is 12.3. The fraction of sp³-hybridized carbons (Fsp3) is 0.912. The zero-order valence-electron chi connectivity index (χ0n) is 50.7. The summed E-state index contributed by atoms with van der Waals surface area (Å²) in [7, 11) is 6.32. The molecule has 0 aromatic rings. The van der Waals surface area contributed by atoms with Crippen LogP contribution in [0, 0.1) is 41.4 Å².